The number of rotatable bonds is 5. The minimum atomic E-state index is -4.77. The van der Waals surface area contributed by atoms with Gasteiger partial charge in [0.2, 0.25) is 0 Å². The second-order valence-corrected chi connectivity index (χ2v) is 5.61. The summed E-state index contributed by atoms with van der Waals surface area (Å²) >= 11 is 0. The lowest BCUT2D eigenvalue weighted by Gasteiger charge is -2.20. The Hall–Kier alpha value is -3.11. The molecule has 0 saturated carbocycles. The third-order valence-corrected chi connectivity index (χ3v) is 3.67. The van der Waals surface area contributed by atoms with E-state index in [2.05, 4.69) is 15.4 Å². The van der Waals surface area contributed by atoms with Gasteiger partial charge in [-0.25, -0.2) is 4.79 Å². The number of halogens is 6. The predicted octanol–water partition coefficient (Wildman–Crippen LogP) is 6.04. The highest BCUT2D eigenvalue weighted by atomic mass is 19.4. The van der Waals surface area contributed by atoms with E-state index in [9.17, 15) is 31.1 Å². The minimum Gasteiger partial charge on any atom is -0.495 e. The molecule has 2 aromatic rings. The van der Waals surface area contributed by atoms with Crippen LogP contribution in [-0.4, -0.2) is 19.8 Å². The number of ether oxygens (including phenoxy) is 2. The maximum absolute atomic E-state index is 13.4. The van der Waals surface area contributed by atoms with Gasteiger partial charge in [0.15, 0.2) is 0 Å². The summed E-state index contributed by atoms with van der Waals surface area (Å²) in [6.45, 7) is 1.42. The molecule has 158 valence electrons. The summed E-state index contributed by atoms with van der Waals surface area (Å²) in [6.07, 6.45) is -10.6. The smallest absolute Gasteiger partial charge is 0.418 e. The third kappa shape index (κ3) is 5.46. The van der Waals surface area contributed by atoms with Gasteiger partial charge in [-0.15, -0.1) is 0 Å². The van der Waals surface area contributed by atoms with Crippen LogP contribution in [-0.2, 0) is 17.1 Å². The lowest BCUT2D eigenvalue weighted by molar-refractivity contribution is -0.138. The molecule has 2 aromatic carbocycles. The number of carbonyl (C=O) groups is 1. The van der Waals surface area contributed by atoms with Gasteiger partial charge in [-0.3, -0.25) is 5.32 Å². The highest BCUT2D eigenvalue weighted by Gasteiger charge is 2.35. The van der Waals surface area contributed by atoms with Crippen LogP contribution in [0.1, 0.15) is 18.1 Å². The Kier molecular flexibility index (Phi) is 6.50. The van der Waals surface area contributed by atoms with Crippen molar-refractivity contribution in [2.45, 2.75) is 19.3 Å². The topological polar surface area (TPSA) is 59.6 Å². The van der Waals surface area contributed by atoms with E-state index in [-0.39, 0.29) is 18.0 Å². The molecule has 0 bridgehead atoms. The molecule has 0 aliphatic rings. The molecule has 0 aliphatic carbocycles. The van der Waals surface area contributed by atoms with Gasteiger partial charge in [-0.2, -0.15) is 26.3 Å². The molecule has 2 N–H and O–H groups in total. The first kappa shape index (κ1) is 22.2. The lowest BCUT2D eigenvalue weighted by atomic mass is 10.1. The van der Waals surface area contributed by atoms with E-state index >= 15 is 0 Å². The Morgan fingerprint density at radius 1 is 1.00 bits per heavy atom. The zero-order chi connectivity index (χ0) is 21.8. The second kappa shape index (κ2) is 8.50. The Labute approximate surface area is 161 Å². The largest absolute Gasteiger partial charge is 0.495 e. The van der Waals surface area contributed by atoms with Gasteiger partial charge in [0.25, 0.3) is 0 Å². The molecule has 0 fully saturated rings. The van der Waals surface area contributed by atoms with Gasteiger partial charge in [-0.05, 0) is 37.3 Å². The fraction of sp³-hybridized carbons (Fsp3) is 0.278. The van der Waals surface area contributed by atoms with Crippen molar-refractivity contribution >= 4 is 23.2 Å². The normalized spacial score (nSPS) is 11.7. The number of amides is 1. The number of alkyl halides is 6. The van der Waals surface area contributed by atoms with Crippen LogP contribution in [0.3, 0.4) is 0 Å². The molecule has 0 heterocycles. The molecule has 0 saturated heterocycles. The molecule has 1 amide bonds. The molecule has 0 unspecified atom stereocenters. The number of hydrogen-bond acceptors (Lipinski definition) is 4. The number of nitrogens with one attached hydrogen (secondary N) is 2. The number of methoxy groups -OCH3 is 1. The summed E-state index contributed by atoms with van der Waals surface area (Å²) < 4.78 is 88.7. The lowest BCUT2D eigenvalue weighted by Crippen LogP contribution is -2.16. The monoisotopic (exact) mass is 422 g/mol. The van der Waals surface area contributed by atoms with Gasteiger partial charge in [0.05, 0.1) is 41.9 Å². The molecule has 0 aliphatic heterocycles. The molecule has 5 nitrogen and oxygen atoms in total. The van der Waals surface area contributed by atoms with Crippen LogP contribution in [0, 0.1) is 0 Å². The first-order valence-corrected chi connectivity index (χ1v) is 8.13. The average Bonchev–Trinajstić information content (AvgIpc) is 2.61. The number of anilines is 3. The summed E-state index contributed by atoms with van der Waals surface area (Å²) in [4.78, 5) is 11.7. The Morgan fingerprint density at radius 2 is 1.69 bits per heavy atom. The third-order valence-electron chi connectivity index (χ3n) is 3.67. The maximum Gasteiger partial charge on any atom is 0.418 e. The highest BCUT2D eigenvalue weighted by molar-refractivity contribution is 5.91. The molecule has 0 atom stereocenters. The van der Waals surface area contributed by atoms with Crippen LogP contribution in [0.5, 0.6) is 5.75 Å². The second-order valence-electron chi connectivity index (χ2n) is 5.61. The van der Waals surface area contributed by atoms with Crippen molar-refractivity contribution in [1.29, 1.82) is 0 Å². The van der Waals surface area contributed by atoms with Crippen LogP contribution in [0.4, 0.5) is 48.2 Å². The van der Waals surface area contributed by atoms with E-state index in [1.54, 1.807) is 0 Å². The maximum atomic E-state index is 13.4. The summed E-state index contributed by atoms with van der Waals surface area (Å²) in [5.41, 5.74) is -3.36. The van der Waals surface area contributed by atoms with E-state index < -0.39 is 40.9 Å². The van der Waals surface area contributed by atoms with Crippen molar-refractivity contribution < 1.29 is 40.6 Å². The molecule has 0 radical (unpaired) electrons. The first-order chi connectivity index (χ1) is 13.5. The molecule has 2 rings (SSSR count). The van der Waals surface area contributed by atoms with Crippen molar-refractivity contribution in [2.75, 3.05) is 24.4 Å². The predicted molar refractivity (Wildman–Crippen MR) is 93.4 cm³/mol. The van der Waals surface area contributed by atoms with Crippen molar-refractivity contribution in [3.8, 4) is 5.75 Å². The first-order valence-electron chi connectivity index (χ1n) is 8.13. The average molecular weight is 422 g/mol. The van der Waals surface area contributed by atoms with Crippen LogP contribution in [0.25, 0.3) is 0 Å². The van der Waals surface area contributed by atoms with E-state index in [0.29, 0.717) is 12.1 Å². The van der Waals surface area contributed by atoms with Gasteiger partial charge in [0.1, 0.15) is 5.75 Å². The van der Waals surface area contributed by atoms with Gasteiger partial charge in [-0.1, -0.05) is 6.07 Å². The number of carbonyl (C=O) groups excluding carboxylic acids is 1. The SMILES string of the molecule is CCOC(=O)Nc1cc(C(F)(F)F)ccc1Nc1c(OC)cccc1C(F)(F)F. The van der Waals surface area contributed by atoms with Crippen LogP contribution in [0.2, 0.25) is 0 Å². The number of hydrogen-bond donors (Lipinski definition) is 2. The summed E-state index contributed by atoms with van der Waals surface area (Å²) in [5, 5.41) is 4.50. The van der Waals surface area contributed by atoms with Crippen molar-refractivity contribution in [3.63, 3.8) is 0 Å². The Bertz CT molecular complexity index is 881. The van der Waals surface area contributed by atoms with Gasteiger partial charge >= 0.3 is 18.4 Å². The van der Waals surface area contributed by atoms with Gasteiger partial charge < -0.3 is 14.8 Å². The van der Waals surface area contributed by atoms with Crippen LogP contribution < -0.4 is 15.4 Å². The fourth-order valence-electron chi connectivity index (χ4n) is 2.41. The molecular weight excluding hydrogens is 406 g/mol. The zero-order valence-electron chi connectivity index (χ0n) is 15.2. The van der Waals surface area contributed by atoms with Crippen LogP contribution >= 0.6 is 0 Å². The molecule has 11 heteroatoms. The quantitative estimate of drug-likeness (QED) is 0.577. The standard InChI is InChI=1S/C18H16F6N2O3/c1-3-29-16(27)26-13-9-10(17(19,20)21)7-8-12(13)25-15-11(18(22,23)24)5-4-6-14(15)28-2/h4-9,25H,3H2,1-2H3,(H,26,27). The Balaban J connectivity index is 2.56. The minimum absolute atomic E-state index is 0.0573. The highest BCUT2D eigenvalue weighted by Crippen LogP contribution is 2.43. The molecule has 0 aromatic heterocycles. The van der Waals surface area contributed by atoms with E-state index in [1.807, 2.05) is 0 Å². The van der Waals surface area contributed by atoms with E-state index in [0.717, 1.165) is 25.3 Å². The zero-order valence-corrected chi connectivity index (χ0v) is 15.2. The van der Waals surface area contributed by atoms with Gasteiger partial charge in [0, 0.05) is 0 Å². The molecular formula is C18H16F6N2O3. The summed E-state index contributed by atoms with van der Waals surface area (Å²) in [7, 11) is 1.14. The van der Waals surface area contributed by atoms with E-state index in [4.69, 9.17) is 4.74 Å². The molecule has 0 spiro atoms. The van der Waals surface area contributed by atoms with Crippen molar-refractivity contribution in [2.24, 2.45) is 0 Å². The number of para-hydroxylation sites is 1. The van der Waals surface area contributed by atoms with Crippen molar-refractivity contribution in [3.05, 3.63) is 47.5 Å². The summed E-state index contributed by atoms with van der Waals surface area (Å²) in [5.74, 6) is -0.193. The van der Waals surface area contributed by atoms with Crippen molar-refractivity contribution in [1.82, 2.24) is 0 Å². The molecule has 29 heavy (non-hydrogen) atoms. The Morgan fingerprint density at radius 3 is 2.24 bits per heavy atom. The fourth-order valence-corrected chi connectivity index (χ4v) is 2.41. The number of benzene rings is 2. The van der Waals surface area contributed by atoms with Crippen LogP contribution in [0.15, 0.2) is 36.4 Å². The van der Waals surface area contributed by atoms with E-state index in [1.165, 1.54) is 13.0 Å². The summed E-state index contributed by atoms with van der Waals surface area (Å²) in [6, 6.07) is 5.31.